The molecule has 1 aromatic heterocycles. The van der Waals surface area contributed by atoms with Crippen molar-refractivity contribution in [2.24, 2.45) is 39.4 Å². The van der Waals surface area contributed by atoms with Crippen LogP contribution < -0.4 is 0 Å². The molecular weight excluding hydrogens is 600 g/mol. The van der Waals surface area contributed by atoms with Gasteiger partial charge in [-0.1, -0.05) is 27.7 Å². The first-order valence-corrected chi connectivity index (χ1v) is 16.3. The monoisotopic (exact) mass is 644 g/mol. The van der Waals surface area contributed by atoms with E-state index < -0.39 is 99.4 Å². The third-order valence-corrected chi connectivity index (χ3v) is 13.3. The Labute approximate surface area is 267 Å². The number of esters is 3. The van der Waals surface area contributed by atoms with Crippen molar-refractivity contribution in [3.05, 3.63) is 24.2 Å². The van der Waals surface area contributed by atoms with E-state index in [4.69, 9.17) is 28.1 Å². The number of fused-ring (bicyclic) bond motifs is 1. The Morgan fingerprint density at radius 2 is 1.65 bits per heavy atom. The fourth-order valence-corrected chi connectivity index (χ4v) is 11.4. The third-order valence-electron chi connectivity index (χ3n) is 13.3. The SMILES string of the molecule is CC(=O)O[C@@H]1C[C@H](O)[C@@]23CO[C@H](OC(=O)C(C)C)[C@]1(C)[C@@H]2C[C@@H](O)[C@]1(C)C3C(=O)[C@H](OC(C)=O)[C@@]2(C)[C@H](c3ccoc3)C[C@H]3O[C@]321. The Morgan fingerprint density at radius 3 is 2.26 bits per heavy atom. The molecule has 1 spiro atoms. The van der Waals surface area contributed by atoms with E-state index in [1.807, 2.05) is 19.9 Å². The average molecular weight is 645 g/mol. The van der Waals surface area contributed by atoms with Gasteiger partial charge in [-0.15, -0.1) is 0 Å². The zero-order valence-electron chi connectivity index (χ0n) is 27.3. The van der Waals surface area contributed by atoms with Gasteiger partial charge in [-0.25, -0.2) is 0 Å². The minimum Gasteiger partial charge on any atom is -0.472 e. The minimum atomic E-state index is -1.32. The van der Waals surface area contributed by atoms with Crippen LogP contribution in [0.25, 0.3) is 0 Å². The van der Waals surface area contributed by atoms with Gasteiger partial charge in [-0.05, 0) is 37.3 Å². The highest BCUT2D eigenvalue weighted by atomic mass is 16.7. The molecule has 252 valence electrons. The molecule has 12 heteroatoms. The zero-order valence-corrected chi connectivity index (χ0v) is 27.3. The van der Waals surface area contributed by atoms with Gasteiger partial charge in [0.2, 0.25) is 6.29 Å². The highest BCUT2D eigenvalue weighted by Crippen LogP contribution is 2.83. The second-order valence-electron chi connectivity index (χ2n) is 15.4. The molecule has 7 rings (SSSR count). The number of aliphatic hydroxyl groups is 2. The Morgan fingerprint density at radius 1 is 0.957 bits per heavy atom. The summed E-state index contributed by atoms with van der Waals surface area (Å²) in [7, 11) is 0. The number of ether oxygens (including phenoxy) is 5. The fourth-order valence-electron chi connectivity index (χ4n) is 11.4. The molecule has 2 bridgehead atoms. The van der Waals surface area contributed by atoms with E-state index in [0.29, 0.717) is 6.42 Å². The second kappa shape index (κ2) is 9.87. The lowest BCUT2D eigenvalue weighted by Gasteiger charge is -2.73. The predicted octanol–water partition coefficient (Wildman–Crippen LogP) is 2.67. The number of hydrogen-bond acceptors (Lipinski definition) is 12. The molecule has 4 aliphatic carbocycles. The van der Waals surface area contributed by atoms with Crippen LogP contribution in [0.4, 0.5) is 0 Å². The normalized spacial score (nSPS) is 50.0. The lowest BCUT2D eigenvalue weighted by molar-refractivity contribution is -0.374. The van der Waals surface area contributed by atoms with Crippen molar-refractivity contribution in [1.29, 1.82) is 0 Å². The first kappa shape index (κ1) is 31.8. The first-order valence-electron chi connectivity index (χ1n) is 16.3. The lowest BCUT2D eigenvalue weighted by Crippen LogP contribution is -2.82. The minimum absolute atomic E-state index is 0.0495. The summed E-state index contributed by atoms with van der Waals surface area (Å²) < 4.78 is 36.1. The molecule has 6 fully saturated rings. The molecule has 12 nitrogen and oxygen atoms in total. The summed E-state index contributed by atoms with van der Waals surface area (Å²) in [5, 5.41) is 24.7. The van der Waals surface area contributed by atoms with Gasteiger partial charge in [0.05, 0.1) is 54.2 Å². The second-order valence-corrected chi connectivity index (χ2v) is 15.4. The van der Waals surface area contributed by atoms with Crippen molar-refractivity contribution >= 4 is 23.7 Å². The van der Waals surface area contributed by atoms with Crippen molar-refractivity contribution in [3.8, 4) is 0 Å². The number of aliphatic hydroxyl groups excluding tert-OH is 2. The Balaban J connectivity index is 1.41. The number of hydrogen-bond donors (Lipinski definition) is 2. The van der Waals surface area contributed by atoms with Gasteiger partial charge >= 0.3 is 17.9 Å². The van der Waals surface area contributed by atoms with Crippen LogP contribution in [0.2, 0.25) is 0 Å². The zero-order chi connectivity index (χ0) is 33.4. The molecule has 0 aromatic carbocycles. The molecule has 2 N–H and O–H groups in total. The molecule has 14 atom stereocenters. The van der Waals surface area contributed by atoms with Crippen molar-refractivity contribution in [2.75, 3.05) is 6.61 Å². The molecule has 1 unspecified atom stereocenters. The van der Waals surface area contributed by atoms with Crippen LogP contribution in [-0.2, 0) is 42.9 Å². The average Bonchev–Trinajstić information content (AvgIpc) is 3.33. The van der Waals surface area contributed by atoms with Gasteiger partial charge in [-0.2, -0.15) is 0 Å². The van der Waals surface area contributed by atoms with Crippen molar-refractivity contribution in [2.45, 2.75) is 116 Å². The highest BCUT2D eigenvalue weighted by Gasteiger charge is 2.92. The quantitative estimate of drug-likeness (QED) is 0.273. The number of furan rings is 1. The van der Waals surface area contributed by atoms with E-state index in [1.54, 1.807) is 33.3 Å². The summed E-state index contributed by atoms with van der Waals surface area (Å²) >= 11 is 0. The number of carbonyl (C=O) groups excluding carboxylic acids is 4. The molecule has 2 saturated heterocycles. The molecule has 46 heavy (non-hydrogen) atoms. The predicted molar refractivity (Wildman–Crippen MR) is 155 cm³/mol. The number of epoxide rings is 1. The van der Waals surface area contributed by atoms with Gasteiger partial charge < -0.3 is 38.3 Å². The van der Waals surface area contributed by atoms with Crippen LogP contribution in [-0.4, -0.2) is 82.9 Å². The molecule has 6 aliphatic rings. The summed E-state index contributed by atoms with van der Waals surface area (Å²) in [5.74, 6) is -4.71. The third kappa shape index (κ3) is 3.54. The van der Waals surface area contributed by atoms with Crippen LogP contribution in [0.15, 0.2) is 23.0 Å². The van der Waals surface area contributed by atoms with Gasteiger partial charge in [0.1, 0.15) is 11.7 Å². The number of rotatable bonds is 5. The summed E-state index contributed by atoms with van der Waals surface area (Å²) in [6.07, 6.45) is -2.36. The topological polar surface area (TPSA) is 171 Å². The van der Waals surface area contributed by atoms with Crippen molar-refractivity contribution in [3.63, 3.8) is 0 Å². The van der Waals surface area contributed by atoms with Crippen molar-refractivity contribution in [1.82, 2.24) is 0 Å². The van der Waals surface area contributed by atoms with Gasteiger partial charge in [-0.3, -0.25) is 19.2 Å². The standard InChI is InChI=1S/C34H44O12/c1-15(2)28(40)45-29-30(5)20-11-21(37)32(7)26(33(20,14-42-29)22(38)12-23(30)43-16(3)35)25(39)27(44-17(4)36)31(6)19(18-8-9-41-13-18)10-24-34(31,32)46-24/h8-9,13,15,19-24,26-27,29,37-38H,10-12,14H2,1-7H3/t19-,20-,21+,22-,23+,24+,26?,27-,29+,30+,31+,32+,33+,34+/m0/s1. The van der Waals surface area contributed by atoms with Gasteiger partial charge in [0.15, 0.2) is 11.9 Å². The largest absolute Gasteiger partial charge is 0.472 e. The molecule has 1 aromatic rings. The van der Waals surface area contributed by atoms with Crippen LogP contribution in [0.5, 0.6) is 0 Å². The number of ketones is 1. The van der Waals surface area contributed by atoms with Gasteiger partial charge in [0.25, 0.3) is 0 Å². The summed E-state index contributed by atoms with van der Waals surface area (Å²) in [5.41, 5.74) is -5.13. The van der Waals surface area contributed by atoms with Crippen molar-refractivity contribution < 1.29 is 57.5 Å². The molecular formula is C34H44O12. The smallest absolute Gasteiger partial charge is 0.310 e. The Kier molecular flexibility index (Phi) is 6.82. The molecule has 3 heterocycles. The summed E-state index contributed by atoms with van der Waals surface area (Å²) in [6, 6.07) is 1.84. The maximum Gasteiger partial charge on any atom is 0.310 e. The fraction of sp³-hybridized carbons (Fsp3) is 0.765. The van der Waals surface area contributed by atoms with Crippen LogP contribution in [0, 0.1) is 39.4 Å². The summed E-state index contributed by atoms with van der Waals surface area (Å²) in [6.45, 7) is 11.3. The van der Waals surface area contributed by atoms with Gasteiger partial charge in [0, 0.05) is 42.9 Å². The Hall–Kier alpha value is -2.80. The molecule has 2 aliphatic heterocycles. The molecule has 0 radical (unpaired) electrons. The van der Waals surface area contributed by atoms with E-state index in [2.05, 4.69) is 0 Å². The van der Waals surface area contributed by atoms with E-state index in [1.165, 1.54) is 13.8 Å². The summed E-state index contributed by atoms with van der Waals surface area (Å²) in [4.78, 5) is 53.3. The Bertz CT molecular complexity index is 1470. The first-order chi connectivity index (χ1) is 21.5. The van der Waals surface area contributed by atoms with E-state index in [0.717, 1.165) is 5.56 Å². The van der Waals surface area contributed by atoms with Crippen LogP contribution in [0.3, 0.4) is 0 Å². The highest BCUT2D eigenvalue weighted by molar-refractivity contribution is 5.93. The van der Waals surface area contributed by atoms with Crippen LogP contribution in [0.1, 0.15) is 79.2 Å². The maximum absolute atomic E-state index is 15.3. The van der Waals surface area contributed by atoms with E-state index in [9.17, 15) is 24.6 Å². The van der Waals surface area contributed by atoms with E-state index in [-0.39, 0.29) is 31.5 Å². The number of carbonyl (C=O) groups is 4. The van der Waals surface area contributed by atoms with Crippen LogP contribution >= 0.6 is 0 Å². The maximum atomic E-state index is 15.3. The van der Waals surface area contributed by atoms with E-state index >= 15 is 4.79 Å². The lowest BCUT2D eigenvalue weighted by atomic mass is 9.33. The molecule has 4 saturated carbocycles. The number of Topliss-reactive ketones (excluding diaryl/α,β-unsaturated/α-hetero) is 1. The molecule has 0 amide bonds.